The van der Waals surface area contributed by atoms with E-state index >= 15 is 0 Å². The van der Waals surface area contributed by atoms with Crippen LogP contribution >= 0.6 is 11.6 Å². The molecule has 0 spiro atoms. The van der Waals surface area contributed by atoms with Crippen molar-refractivity contribution in [1.29, 1.82) is 0 Å². The van der Waals surface area contributed by atoms with Gasteiger partial charge in [0, 0.05) is 22.0 Å². The summed E-state index contributed by atoms with van der Waals surface area (Å²) in [5.74, 6) is 0. The predicted molar refractivity (Wildman–Crippen MR) is 225 cm³/mol. The van der Waals surface area contributed by atoms with Gasteiger partial charge in [-0.25, -0.2) is 4.57 Å². The summed E-state index contributed by atoms with van der Waals surface area (Å²) < 4.78 is 343. The molecule has 7 rings (SSSR count). The van der Waals surface area contributed by atoms with E-state index in [1.54, 1.807) is 0 Å². The van der Waals surface area contributed by atoms with Gasteiger partial charge in [0.15, 0.2) is 18.9 Å². The number of pyridine rings is 1. The lowest BCUT2D eigenvalue weighted by molar-refractivity contribution is -0.687. The molecule has 0 radical (unpaired) electrons. The largest absolute Gasteiger partial charge is 0.416 e. The first-order valence-corrected chi connectivity index (χ1v) is 20.9. The average molecular weight is 1120 g/mol. The van der Waals surface area contributed by atoms with E-state index in [4.69, 9.17) is 11.6 Å². The molecule has 0 N–H and O–H groups in total. The molecule has 0 amide bonds. The number of hydrogen-bond acceptors (Lipinski definition) is 0. The third kappa shape index (κ3) is 13.3. The van der Waals surface area contributed by atoms with Crippen molar-refractivity contribution in [1.82, 2.24) is 0 Å². The van der Waals surface area contributed by atoms with Gasteiger partial charge in [-0.15, -0.1) is 0 Å². The van der Waals surface area contributed by atoms with Crippen LogP contribution in [0.15, 0.2) is 140 Å². The molecule has 0 aliphatic rings. The molecule has 400 valence electrons. The molecule has 0 aliphatic heterocycles. The molecule has 0 fully saturated rings. The summed E-state index contributed by atoms with van der Waals surface area (Å²) in [6.07, 6.45) is -50.6. The Kier molecular flexibility index (Phi) is 15.3. The molecule has 6 aromatic carbocycles. The van der Waals surface area contributed by atoms with Crippen molar-refractivity contribution >= 4 is 50.4 Å². The van der Waals surface area contributed by atoms with Crippen molar-refractivity contribution in [2.45, 2.75) is 56.0 Å². The second-order valence-electron chi connectivity index (χ2n) is 16.6. The molecule has 1 nitrogen and oxygen atoms in total. The van der Waals surface area contributed by atoms with E-state index in [-0.39, 0.29) is 0 Å². The number of rotatable bonds is 6. The molecule has 0 bridgehead atoms. The number of benzene rings is 6. The Labute approximate surface area is 410 Å². The van der Waals surface area contributed by atoms with Crippen LogP contribution in [0.2, 0.25) is 5.02 Å². The summed E-state index contributed by atoms with van der Waals surface area (Å²) in [7, 11) is 0. The Morgan fingerprint density at radius 3 is 0.867 bits per heavy atom. The van der Waals surface area contributed by atoms with Gasteiger partial charge in [-0.2, -0.15) is 127 Å². The van der Waals surface area contributed by atoms with Gasteiger partial charge < -0.3 is 0 Å². The van der Waals surface area contributed by atoms with Gasteiger partial charge in [0.25, 0.3) is 0 Å². The van der Waals surface area contributed by atoms with Crippen molar-refractivity contribution in [3.8, 4) is 0 Å². The van der Waals surface area contributed by atoms with Crippen molar-refractivity contribution in [2.75, 3.05) is 0 Å². The van der Waals surface area contributed by atoms with Gasteiger partial charge in [0.2, 0.25) is 0 Å². The molecule has 75 heavy (non-hydrogen) atoms. The minimum absolute atomic E-state index is 0.691. The van der Waals surface area contributed by atoms with Crippen molar-refractivity contribution in [3.63, 3.8) is 0 Å². The molecule has 0 atom stereocenters. The summed E-state index contributed by atoms with van der Waals surface area (Å²) >= 11 is 5.98. The zero-order chi connectivity index (χ0) is 56.3. The second kappa shape index (κ2) is 19.8. The molecular formula is C48H25BClF24N. The van der Waals surface area contributed by atoms with Crippen LogP contribution in [-0.2, 0) is 56.0 Å². The maximum Gasteiger partial charge on any atom is 0.416 e. The van der Waals surface area contributed by atoms with Crippen molar-refractivity contribution < 1.29 is 110 Å². The van der Waals surface area contributed by atoms with Crippen LogP contribution < -0.4 is 26.4 Å². The number of nitrogens with zero attached hydrogens (tertiary/aromatic N) is 1. The van der Waals surface area contributed by atoms with Crippen LogP contribution in [0.4, 0.5) is 105 Å². The minimum Gasteiger partial charge on any atom is -0.200 e. The molecule has 1 heterocycles. The lowest BCUT2D eigenvalue weighted by Crippen LogP contribution is -2.75. The van der Waals surface area contributed by atoms with Crippen LogP contribution in [0.25, 0.3) is 10.8 Å². The van der Waals surface area contributed by atoms with Gasteiger partial charge in [0.05, 0.1) is 44.5 Å². The van der Waals surface area contributed by atoms with E-state index in [0.29, 0.717) is 0 Å². The van der Waals surface area contributed by atoms with Gasteiger partial charge in [-0.3, -0.25) is 0 Å². The highest BCUT2D eigenvalue weighted by Gasteiger charge is 2.47. The molecule has 7 aromatic rings. The van der Waals surface area contributed by atoms with E-state index in [1.807, 2.05) is 18.2 Å². The van der Waals surface area contributed by atoms with Gasteiger partial charge in [-0.1, -0.05) is 90.5 Å². The number of halogens is 25. The molecule has 0 saturated heterocycles. The fourth-order valence-corrected chi connectivity index (χ4v) is 8.35. The van der Waals surface area contributed by atoms with E-state index in [9.17, 15) is 105 Å². The molecule has 27 heteroatoms. The van der Waals surface area contributed by atoms with E-state index in [0.717, 1.165) is 11.6 Å². The average Bonchev–Trinajstić information content (AvgIpc) is 3.27. The maximum atomic E-state index is 14.2. The lowest BCUT2D eigenvalue weighted by Gasteiger charge is -2.46. The normalized spacial score (nSPS) is 13.5. The number of alkyl halides is 24. The zero-order valence-corrected chi connectivity index (χ0v) is 37.2. The Bertz CT molecular complexity index is 2760. The summed E-state index contributed by atoms with van der Waals surface area (Å²) in [6.45, 7) is 0.888. The Morgan fingerprint density at radius 1 is 0.320 bits per heavy atom. The first-order chi connectivity index (χ1) is 34.1. The summed E-state index contributed by atoms with van der Waals surface area (Å²) in [4.78, 5) is 0. The monoisotopic (exact) mass is 1120 g/mol. The number of aromatic nitrogens is 1. The molecule has 1 aromatic heterocycles. The summed E-state index contributed by atoms with van der Waals surface area (Å²) in [6, 6.07) is 9.71. The number of fused-ring (bicyclic) bond motifs is 1. The van der Waals surface area contributed by atoms with Gasteiger partial charge >= 0.3 is 49.4 Å². The molecular weight excluding hydrogens is 1090 g/mol. The van der Waals surface area contributed by atoms with Gasteiger partial charge in [-0.05, 0) is 47.9 Å². The highest BCUT2D eigenvalue weighted by atomic mass is 35.5. The summed E-state index contributed by atoms with van der Waals surface area (Å²) in [5, 5.41) is 3.16. The molecule has 0 aliphatic carbocycles. The highest BCUT2D eigenvalue weighted by molar-refractivity contribution is 7.20. The minimum atomic E-state index is -6.13. The topological polar surface area (TPSA) is 3.88 Å². The first kappa shape index (κ1) is 57.7. The van der Waals surface area contributed by atoms with Crippen LogP contribution in [0.5, 0.6) is 0 Å². The highest BCUT2D eigenvalue weighted by Crippen LogP contribution is 2.41. The van der Waals surface area contributed by atoms with E-state index in [1.165, 1.54) is 16.3 Å². The predicted octanol–water partition coefficient (Wildman–Crippen LogP) is 15.0. The molecule has 0 unspecified atom stereocenters. The summed E-state index contributed by atoms with van der Waals surface area (Å²) in [5.41, 5.74) is -28.9. The quantitative estimate of drug-likeness (QED) is 0.0888. The first-order valence-electron chi connectivity index (χ1n) is 20.6. The van der Waals surface area contributed by atoms with Crippen LogP contribution in [-0.4, -0.2) is 6.15 Å². The van der Waals surface area contributed by atoms with E-state index in [2.05, 4.69) is 53.4 Å². The fourth-order valence-electron chi connectivity index (χ4n) is 8.17. The zero-order valence-electron chi connectivity index (χ0n) is 36.5. The van der Waals surface area contributed by atoms with Crippen LogP contribution in [0.3, 0.4) is 0 Å². The van der Waals surface area contributed by atoms with Crippen LogP contribution in [0.1, 0.15) is 50.1 Å². The smallest absolute Gasteiger partial charge is 0.200 e. The lowest BCUT2D eigenvalue weighted by atomic mass is 9.12. The Balaban J connectivity index is 0.000000421. The molecule has 0 saturated carbocycles. The Morgan fingerprint density at radius 2 is 0.600 bits per heavy atom. The number of hydrogen-bond donors (Lipinski definition) is 0. The second-order valence-corrected chi connectivity index (χ2v) is 17.0. The van der Waals surface area contributed by atoms with Crippen molar-refractivity contribution in [3.05, 3.63) is 195 Å². The van der Waals surface area contributed by atoms with Crippen molar-refractivity contribution in [2.24, 2.45) is 0 Å². The fraction of sp³-hybridized carbons (Fsp3) is 0.188. The van der Waals surface area contributed by atoms with Crippen LogP contribution in [0, 0.1) is 0 Å². The maximum absolute atomic E-state index is 14.2. The Hall–Kier alpha value is -6.60. The van der Waals surface area contributed by atoms with Gasteiger partial charge in [0.1, 0.15) is 6.15 Å². The third-order valence-electron chi connectivity index (χ3n) is 11.4. The standard InChI is InChI=1S/C32H12BF24.C16H13ClN/c34-25(35,36)13-1-14(26(37,38)39)6-21(5-13)33(22-7-15(27(40,41)42)2-16(8-22)28(43,44)45,23-9-17(29(46,47)48)3-18(10-23)30(49,50)51)24-11-19(31(52,53)54)4-20(12-24)32(55,56)57;17-16-7-6-15-12-18(9-8-14(15)10-16)11-13-4-2-1-3-5-13/h1-12H;1-10,12H,11H2/q-1;+1. The SMILES string of the molecule is Clc1ccc2c[n+](Cc3ccccc3)ccc2c1.FC(F)(F)c1cc([B-](c2cc(C(F)(F)F)cc(C(F)(F)F)c2)(c2cc(C(F)(F)F)cc(C(F)(F)F)c2)c2cc(C(F)(F)F)cc(C(F)(F)F)c2)cc(C(F)(F)F)c1. The van der Waals surface area contributed by atoms with E-state index < -0.39 is 195 Å². The third-order valence-corrected chi connectivity index (χ3v) is 11.7.